The molecule has 1 fully saturated rings. The fourth-order valence-electron chi connectivity index (χ4n) is 3.68. The minimum Gasteiger partial charge on any atom is -0.492 e. The van der Waals surface area contributed by atoms with E-state index < -0.39 is 0 Å². The van der Waals surface area contributed by atoms with E-state index in [1.807, 2.05) is 50.2 Å². The molecule has 0 atom stereocenters. The lowest BCUT2D eigenvalue weighted by Crippen LogP contribution is -2.34. The molecule has 1 heterocycles. The van der Waals surface area contributed by atoms with Crippen molar-refractivity contribution < 1.29 is 9.53 Å². The lowest BCUT2D eigenvalue weighted by Gasteiger charge is -2.32. The molecule has 0 unspecified atom stereocenters. The Labute approximate surface area is 179 Å². The van der Waals surface area contributed by atoms with Gasteiger partial charge in [0.25, 0.3) is 0 Å². The molecule has 5 heteroatoms. The number of carbonyl (C=O) groups is 1. The van der Waals surface area contributed by atoms with Gasteiger partial charge in [0.1, 0.15) is 5.75 Å². The minimum atomic E-state index is -0.0104. The molecule has 0 aromatic heterocycles. The molecule has 0 bridgehead atoms. The number of nitrogens with zero attached hydrogens (tertiary/aromatic N) is 1. The fraction of sp³-hybridized carbons (Fsp3) is 0.458. The topological polar surface area (TPSA) is 41.6 Å². The van der Waals surface area contributed by atoms with Crippen LogP contribution in [0.4, 0.5) is 5.69 Å². The quantitative estimate of drug-likeness (QED) is 0.573. The van der Waals surface area contributed by atoms with Crippen molar-refractivity contribution >= 4 is 23.2 Å². The van der Waals surface area contributed by atoms with Gasteiger partial charge in [-0.1, -0.05) is 49.7 Å². The Hall–Kier alpha value is -2.04. The van der Waals surface area contributed by atoms with Crippen molar-refractivity contribution in [1.82, 2.24) is 4.90 Å². The SMILES string of the molecule is CC(C)C(=O)Nc1cccc(C2CCN(CCCOc3ccccc3Cl)CC2)c1. The molecule has 3 rings (SSSR count). The summed E-state index contributed by atoms with van der Waals surface area (Å²) in [6, 6.07) is 15.9. The fourth-order valence-corrected chi connectivity index (χ4v) is 3.87. The average molecular weight is 415 g/mol. The number of likely N-dealkylation sites (tertiary alicyclic amines) is 1. The van der Waals surface area contributed by atoms with E-state index in [9.17, 15) is 4.79 Å². The smallest absolute Gasteiger partial charge is 0.226 e. The van der Waals surface area contributed by atoms with Gasteiger partial charge in [-0.25, -0.2) is 0 Å². The van der Waals surface area contributed by atoms with Crippen LogP contribution >= 0.6 is 11.6 Å². The van der Waals surface area contributed by atoms with Crippen LogP contribution in [0.15, 0.2) is 48.5 Å². The van der Waals surface area contributed by atoms with E-state index in [2.05, 4.69) is 22.3 Å². The van der Waals surface area contributed by atoms with E-state index in [1.165, 1.54) is 5.56 Å². The van der Waals surface area contributed by atoms with Crippen LogP contribution in [-0.4, -0.2) is 37.0 Å². The first kappa shape index (κ1) is 21.7. The third-order valence-electron chi connectivity index (χ3n) is 5.45. The maximum Gasteiger partial charge on any atom is 0.226 e. The number of hydrogen-bond donors (Lipinski definition) is 1. The van der Waals surface area contributed by atoms with Crippen LogP contribution in [0.1, 0.15) is 44.6 Å². The maximum absolute atomic E-state index is 11.9. The second-order valence-electron chi connectivity index (χ2n) is 8.02. The van der Waals surface area contributed by atoms with E-state index in [0.29, 0.717) is 17.5 Å². The van der Waals surface area contributed by atoms with Crippen LogP contribution in [0.25, 0.3) is 0 Å². The van der Waals surface area contributed by atoms with Crippen molar-refractivity contribution in [2.24, 2.45) is 5.92 Å². The number of para-hydroxylation sites is 1. The number of ether oxygens (including phenoxy) is 1. The van der Waals surface area contributed by atoms with E-state index in [0.717, 1.165) is 50.3 Å². The summed E-state index contributed by atoms with van der Waals surface area (Å²) in [5.41, 5.74) is 2.23. The molecule has 1 aliphatic rings. The van der Waals surface area contributed by atoms with Gasteiger partial charge in [0, 0.05) is 18.2 Å². The van der Waals surface area contributed by atoms with Gasteiger partial charge in [-0.15, -0.1) is 0 Å². The van der Waals surface area contributed by atoms with Crippen molar-refractivity contribution in [2.45, 2.75) is 39.0 Å². The number of carbonyl (C=O) groups excluding carboxylic acids is 1. The summed E-state index contributed by atoms with van der Waals surface area (Å²) in [5.74, 6) is 1.37. The number of benzene rings is 2. The van der Waals surface area contributed by atoms with Crippen LogP contribution in [0.2, 0.25) is 5.02 Å². The van der Waals surface area contributed by atoms with Gasteiger partial charge in [0.2, 0.25) is 5.91 Å². The Balaban J connectivity index is 1.41. The highest BCUT2D eigenvalue weighted by atomic mass is 35.5. The molecular weight excluding hydrogens is 384 g/mol. The summed E-state index contributed by atoms with van der Waals surface area (Å²) in [4.78, 5) is 14.5. The Morgan fingerprint density at radius 3 is 2.66 bits per heavy atom. The Bertz CT molecular complexity index is 801. The number of rotatable bonds is 8. The highest BCUT2D eigenvalue weighted by Gasteiger charge is 2.20. The van der Waals surface area contributed by atoms with Crippen LogP contribution in [-0.2, 0) is 4.79 Å². The Kier molecular flexibility index (Phi) is 7.96. The van der Waals surface area contributed by atoms with Crippen LogP contribution in [0.5, 0.6) is 5.75 Å². The molecule has 156 valence electrons. The lowest BCUT2D eigenvalue weighted by molar-refractivity contribution is -0.118. The van der Waals surface area contributed by atoms with E-state index in [-0.39, 0.29) is 11.8 Å². The zero-order valence-electron chi connectivity index (χ0n) is 17.4. The first-order valence-corrected chi connectivity index (χ1v) is 10.9. The summed E-state index contributed by atoms with van der Waals surface area (Å²) < 4.78 is 5.79. The van der Waals surface area contributed by atoms with Crippen LogP contribution in [0.3, 0.4) is 0 Å². The number of halogens is 1. The highest BCUT2D eigenvalue weighted by Crippen LogP contribution is 2.30. The van der Waals surface area contributed by atoms with Crippen molar-refractivity contribution in [2.75, 3.05) is 31.6 Å². The molecule has 2 aromatic rings. The molecule has 0 aliphatic carbocycles. The molecular formula is C24H31ClN2O2. The van der Waals surface area contributed by atoms with Gasteiger partial charge in [-0.05, 0) is 68.1 Å². The average Bonchev–Trinajstić information content (AvgIpc) is 2.73. The summed E-state index contributed by atoms with van der Waals surface area (Å²) in [7, 11) is 0. The van der Waals surface area contributed by atoms with Gasteiger partial charge in [0.15, 0.2) is 0 Å². The van der Waals surface area contributed by atoms with Crippen molar-refractivity contribution in [1.29, 1.82) is 0 Å². The molecule has 1 aliphatic heterocycles. The molecule has 29 heavy (non-hydrogen) atoms. The normalized spacial score (nSPS) is 15.4. The lowest BCUT2D eigenvalue weighted by atomic mass is 9.89. The molecule has 1 saturated heterocycles. The van der Waals surface area contributed by atoms with Gasteiger partial charge < -0.3 is 15.0 Å². The summed E-state index contributed by atoms with van der Waals surface area (Å²) in [6.45, 7) is 7.74. The Morgan fingerprint density at radius 1 is 1.17 bits per heavy atom. The second kappa shape index (κ2) is 10.7. The summed E-state index contributed by atoms with van der Waals surface area (Å²) in [5, 5.41) is 3.68. The zero-order valence-corrected chi connectivity index (χ0v) is 18.1. The number of nitrogens with one attached hydrogen (secondary N) is 1. The Morgan fingerprint density at radius 2 is 1.93 bits per heavy atom. The van der Waals surface area contributed by atoms with E-state index in [4.69, 9.17) is 16.3 Å². The standard InChI is InChI=1S/C24H31ClN2O2/c1-18(2)24(28)26-21-8-5-7-20(17-21)19-11-14-27(15-12-19)13-6-16-29-23-10-4-3-9-22(23)25/h3-5,7-10,17-19H,6,11-16H2,1-2H3,(H,26,28). The van der Waals surface area contributed by atoms with Crippen molar-refractivity contribution in [3.8, 4) is 5.75 Å². The predicted molar refractivity (Wildman–Crippen MR) is 120 cm³/mol. The molecule has 1 amide bonds. The van der Waals surface area contributed by atoms with Crippen molar-refractivity contribution in [3.05, 3.63) is 59.1 Å². The zero-order chi connectivity index (χ0) is 20.6. The van der Waals surface area contributed by atoms with Crippen LogP contribution in [0, 0.1) is 5.92 Å². The van der Waals surface area contributed by atoms with Gasteiger partial charge in [0.05, 0.1) is 11.6 Å². The van der Waals surface area contributed by atoms with Crippen LogP contribution < -0.4 is 10.1 Å². The summed E-state index contributed by atoms with van der Waals surface area (Å²) >= 11 is 6.12. The maximum atomic E-state index is 11.9. The molecule has 0 saturated carbocycles. The molecule has 4 nitrogen and oxygen atoms in total. The number of hydrogen-bond acceptors (Lipinski definition) is 3. The van der Waals surface area contributed by atoms with Gasteiger partial charge in [-0.2, -0.15) is 0 Å². The number of anilines is 1. The van der Waals surface area contributed by atoms with Gasteiger partial charge >= 0.3 is 0 Å². The molecule has 0 spiro atoms. The third kappa shape index (κ3) is 6.48. The largest absolute Gasteiger partial charge is 0.492 e. The van der Waals surface area contributed by atoms with E-state index in [1.54, 1.807) is 0 Å². The highest BCUT2D eigenvalue weighted by molar-refractivity contribution is 6.32. The second-order valence-corrected chi connectivity index (χ2v) is 8.42. The first-order valence-electron chi connectivity index (χ1n) is 10.5. The van der Waals surface area contributed by atoms with E-state index >= 15 is 0 Å². The monoisotopic (exact) mass is 414 g/mol. The predicted octanol–water partition coefficient (Wildman–Crippen LogP) is 5.58. The number of piperidine rings is 1. The molecule has 0 radical (unpaired) electrons. The van der Waals surface area contributed by atoms with Crippen molar-refractivity contribution in [3.63, 3.8) is 0 Å². The molecule has 1 N–H and O–H groups in total. The summed E-state index contributed by atoms with van der Waals surface area (Å²) in [6.07, 6.45) is 3.28. The third-order valence-corrected chi connectivity index (χ3v) is 5.76. The minimum absolute atomic E-state index is 0.0104. The first-order chi connectivity index (χ1) is 14.0. The molecule has 2 aromatic carbocycles. The number of amides is 1. The van der Waals surface area contributed by atoms with Gasteiger partial charge in [-0.3, -0.25) is 4.79 Å².